The van der Waals surface area contributed by atoms with E-state index in [-0.39, 0.29) is 12.5 Å². The number of carbonyl (C=O) groups is 2. The van der Waals surface area contributed by atoms with Crippen molar-refractivity contribution in [1.29, 1.82) is 0 Å². The summed E-state index contributed by atoms with van der Waals surface area (Å²) < 4.78 is 0. The lowest BCUT2D eigenvalue weighted by Crippen LogP contribution is -2.30. The van der Waals surface area contributed by atoms with E-state index in [1.807, 2.05) is 36.7 Å². The Bertz CT molecular complexity index is 934. The highest BCUT2D eigenvalue weighted by Gasteiger charge is 2.35. The van der Waals surface area contributed by atoms with Crippen molar-refractivity contribution in [2.75, 3.05) is 6.54 Å². The number of aliphatic carboxylic acids is 1. The second-order valence-electron chi connectivity index (χ2n) is 9.78. The molecule has 2 saturated carbocycles. The molecule has 1 aromatic heterocycles. The molecular formula is C27H35N3O3. The number of carbonyl (C=O) groups excluding carboxylic acids is 1. The van der Waals surface area contributed by atoms with Gasteiger partial charge >= 0.3 is 5.97 Å². The number of benzene rings is 1. The number of hydrogen-bond donors (Lipinski definition) is 2. The van der Waals surface area contributed by atoms with Gasteiger partial charge in [-0.15, -0.1) is 0 Å². The number of aromatic nitrogens is 2. The van der Waals surface area contributed by atoms with E-state index in [1.54, 1.807) is 0 Å². The fourth-order valence-corrected chi connectivity index (χ4v) is 5.62. The van der Waals surface area contributed by atoms with E-state index >= 15 is 0 Å². The summed E-state index contributed by atoms with van der Waals surface area (Å²) in [4.78, 5) is 32.7. The number of Topliss-reactive ketones (excluding diaryl/α,β-unsaturated/α-hetero) is 1. The predicted molar refractivity (Wildman–Crippen MR) is 128 cm³/mol. The Morgan fingerprint density at radius 3 is 2.27 bits per heavy atom. The summed E-state index contributed by atoms with van der Waals surface area (Å²) >= 11 is 0. The van der Waals surface area contributed by atoms with Crippen molar-refractivity contribution in [3.63, 3.8) is 0 Å². The minimum Gasteiger partial charge on any atom is -0.480 e. The molecule has 33 heavy (non-hydrogen) atoms. The average molecular weight is 450 g/mol. The van der Waals surface area contributed by atoms with Gasteiger partial charge in [0.05, 0.1) is 6.54 Å². The zero-order valence-corrected chi connectivity index (χ0v) is 19.5. The van der Waals surface area contributed by atoms with Crippen LogP contribution in [-0.2, 0) is 16.1 Å². The zero-order chi connectivity index (χ0) is 23.2. The van der Waals surface area contributed by atoms with Crippen molar-refractivity contribution in [3.05, 3.63) is 47.8 Å². The summed E-state index contributed by atoms with van der Waals surface area (Å²) in [5, 5.41) is 11.6. The Labute approximate surface area is 196 Å². The number of rotatable bonds is 8. The van der Waals surface area contributed by atoms with Crippen LogP contribution < -0.4 is 5.32 Å². The van der Waals surface area contributed by atoms with Gasteiger partial charge in [0.25, 0.3) is 0 Å². The van der Waals surface area contributed by atoms with Crippen LogP contribution in [0, 0.1) is 17.8 Å². The third-order valence-electron chi connectivity index (χ3n) is 7.71. The Balaban J connectivity index is 1.32. The van der Waals surface area contributed by atoms with Gasteiger partial charge in [-0.25, -0.2) is 9.97 Å². The highest BCUT2D eigenvalue weighted by Crippen LogP contribution is 2.42. The van der Waals surface area contributed by atoms with Crippen LogP contribution >= 0.6 is 0 Å². The van der Waals surface area contributed by atoms with Crippen LogP contribution in [0.1, 0.15) is 75.3 Å². The Kier molecular flexibility index (Phi) is 7.86. The van der Waals surface area contributed by atoms with Gasteiger partial charge in [-0.05, 0) is 54.6 Å². The summed E-state index contributed by atoms with van der Waals surface area (Å²) in [6.45, 7) is 2.73. The van der Waals surface area contributed by atoms with Crippen LogP contribution in [-0.4, -0.2) is 33.4 Å². The van der Waals surface area contributed by atoms with Crippen molar-refractivity contribution in [3.8, 4) is 11.4 Å². The molecule has 0 aliphatic heterocycles. The van der Waals surface area contributed by atoms with Gasteiger partial charge in [0.15, 0.2) is 5.82 Å². The quantitative estimate of drug-likeness (QED) is 0.590. The van der Waals surface area contributed by atoms with Crippen molar-refractivity contribution in [2.24, 2.45) is 17.8 Å². The summed E-state index contributed by atoms with van der Waals surface area (Å²) in [7, 11) is 0. The van der Waals surface area contributed by atoms with E-state index in [0.29, 0.717) is 30.5 Å². The van der Waals surface area contributed by atoms with Crippen molar-refractivity contribution in [2.45, 2.75) is 70.8 Å². The number of carboxylic acid groups (broad SMARTS) is 1. The molecule has 6 nitrogen and oxygen atoms in total. The topological polar surface area (TPSA) is 92.2 Å². The molecule has 0 bridgehead atoms. The van der Waals surface area contributed by atoms with Crippen LogP contribution in [0.3, 0.4) is 0 Å². The molecule has 2 atom stereocenters. The first kappa shape index (κ1) is 23.6. The van der Waals surface area contributed by atoms with Crippen molar-refractivity contribution >= 4 is 11.8 Å². The first-order chi connectivity index (χ1) is 16.0. The maximum Gasteiger partial charge on any atom is 0.317 e. The van der Waals surface area contributed by atoms with Gasteiger partial charge in [-0.2, -0.15) is 0 Å². The lowest BCUT2D eigenvalue weighted by Gasteiger charge is -2.37. The van der Waals surface area contributed by atoms with E-state index in [9.17, 15) is 9.59 Å². The molecule has 4 rings (SSSR count). The third-order valence-corrected chi connectivity index (χ3v) is 7.71. The van der Waals surface area contributed by atoms with Gasteiger partial charge in [-0.1, -0.05) is 50.5 Å². The number of nitrogens with zero attached hydrogens (tertiary/aromatic N) is 2. The molecule has 0 saturated heterocycles. The second-order valence-corrected chi connectivity index (χ2v) is 9.78. The number of carboxylic acids is 1. The molecule has 1 heterocycles. The first-order valence-electron chi connectivity index (χ1n) is 12.4. The molecule has 0 amide bonds. The highest BCUT2D eigenvalue weighted by atomic mass is 16.4. The van der Waals surface area contributed by atoms with E-state index in [0.717, 1.165) is 41.4 Å². The minimum absolute atomic E-state index is 0.0626. The van der Waals surface area contributed by atoms with E-state index in [1.165, 1.54) is 32.1 Å². The van der Waals surface area contributed by atoms with Crippen LogP contribution in [0.2, 0.25) is 0 Å². The SMILES string of the molecule is CCC1CCC(C2CCC(c3cnc(-c4ccc(CNCC(=O)O)cc4)nc3)C(=O)C2)CC1. The van der Waals surface area contributed by atoms with Crippen LogP contribution in [0.15, 0.2) is 36.7 Å². The Morgan fingerprint density at radius 2 is 1.67 bits per heavy atom. The number of nitrogens with one attached hydrogen (secondary N) is 1. The summed E-state index contributed by atoms with van der Waals surface area (Å²) in [5.74, 6) is 2.26. The fraction of sp³-hybridized carbons (Fsp3) is 0.556. The molecule has 0 radical (unpaired) electrons. The Hall–Kier alpha value is -2.60. The van der Waals surface area contributed by atoms with Gasteiger partial charge < -0.3 is 10.4 Å². The van der Waals surface area contributed by atoms with E-state index in [4.69, 9.17) is 5.11 Å². The van der Waals surface area contributed by atoms with Crippen molar-refractivity contribution < 1.29 is 14.7 Å². The number of hydrogen-bond acceptors (Lipinski definition) is 5. The van der Waals surface area contributed by atoms with Gasteiger partial charge in [0, 0.05) is 36.8 Å². The van der Waals surface area contributed by atoms with Gasteiger partial charge in [0.2, 0.25) is 0 Å². The normalized spacial score (nSPS) is 25.7. The average Bonchev–Trinajstić information content (AvgIpc) is 2.84. The molecule has 6 heteroatoms. The molecular weight excluding hydrogens is 414 g/mol. The third kappa shape index (κ3) is 6.05. The summed E-state index contributed by atoms with van der Waals surface area (Å²) in [5.41, 5.74) is 2.84. The lowest BCUT2D eigenvalue weighted by atomic mass is 9.68. The molecule has 2 fully saturated rings. The summed E-state index contributed by atoms with van der Waals surface area (Å²) in [6, 6.07) is 7.77. The van der Waals surface area contributed by atoms with Gasteiger partial charge in [0.1, 0.15) is 5.78 Å². The smallest absolute Gasteiger partial charge is 0.317 e. The predicted octanol–water partition coefficient (Wildman–Crippen LogP) is 4.99. The van der Waals surface area contributed by atoms with Crippen LogP contribution in [0.4, 0.5) is 0 Å². The largest absolute Gasteiger partial charge is 0.480 e. The molecule has 176 valence electrons. The van der Waals surface area contributed by atoms with E-state index < -0.39 is 5.97 Å². The molecule has 2 aliphatic carbocycles. The maximum absolute atomic E-state index is 13.0. The number of ketones is 1. The molecule has 2 aliphatic rings. The molecule has 2 N–H and O–H groups in total. The Morgan fingerprint density at radius 1 is 1.00 bits per heavy atom. The van der Waals surface area contributed by atoms with E-state index in [2.05, 4.69) is 22.2 Å². The lowest BCUT2D eigenvalue weighted by molar-refractivity contribution is -0.136. The maximum atomic E-state index is 13.0. The van der Waals surface area contributed by atoms with Crippen LogP contribution in [0.25, 0.3) is 11.4 Å². The minimum atomic E-state index is -0.869. The fourth-order valence-electron chi connectivity index (χ4n) is 5.62. The van der Waals surface area contributed by atoms with Crippen LogP contribution in [0.5, 0.6) is 0 Å². The zero-order valence-electron chi connectivity index (χ0n) is 19.5. The standard InChI is InChI=1S/C27H35N3O3/c1-2-18-3-7-20(8-4-18)22-11-12-24(25(31)13-22)23-15-29-27(30-16-23)21-9-5-19(6-10-21)14-28-17-26(32)33/h5-6,9-10,15-16,18,20,22,24,28H,2-4,7-8,11-14,17H2,1H3,(H,32,33). The second kappa shape index (κ2) is 11.0. The van der Waals surface area contributed by atoms with Gasteiger partial charge in [-0.3, -0.25) is 9.59 Å². The summed E-state index contributed by atoms with van der Waals surface area (Å²) in [6.07, 6.45) is 13.0. The molecule has 0 spiro atoms. The van der Waals surface area contributed by atoms with Crippen molar-refractivity contribution in [1.82, 2.24) is 15.3 Å². The molecule has 1 aromatic carbocycles. The first-order valence-corrected chi connectivity index (χ1v) is 12.4. The molecule has 2 aromatic rings. The highest BCUT2D eigenvalue weighted by molar-refractivity contribution is 5.86. The molecule has 2 unspecified atom stereocenters. The monoisotopic (exact) mass is 449 g/mol.